The number of carboxylic acids is 1. The number of nitrogens with zero attached hydrogens (tertiary/aromatic N) is 4. The van der Waals surface area contributed by atoms with Gasteiger partial charge in [-0.3, -0.25) is 33.7 Å². The Morgan fingerprint density at radius 3 is 2.44 bits per heavy atom. The number of aromatic nitrogens is 2. The number of likely N-dealkylation sites (N-methyl/N-ethyl adjacent to an activating group) is 1. The molecular formula is C34H38N6O8. The summed E-state index contributed by atoms with van der Waals surface area (Å²) in [4.78, 5) is 81.8. The Labute approximate surface area is 276 Å². The average molecular weight is 659 g/mol. The summed E-state index contributed by atoms with van der Waals surface area (Å²) in [6, 6.07) is 9.63. The standard InChI is InChI=1S/C34H38N6O8/c1-5-18(2)27(39(4)19(3)41)31(46)35-23-15-14-20-12-9-13-22-16-25(40(28(20)22)34(23)47)30(45)36-24(17-26(42)43)29(44)33-38-37-32(48-33)21-10-7-6-8-11-21/h6-13,18,23-25,27H,5,14-17H2,1-4H3,(H,35,46)(H,36,45)(H,42,43)/t18-,23-,24-,25-,27-/m0/s1. The van der Waals surface area contributed by atoms with Crippen molar-refractivity contribution in [2.24, 2.45) is 5.92 Å². The summed E-state index contributed by atoms with van der Waals surface area (Å²) in [7, 11) is 1.54. The summed E-state index contributed by atoms with van der Waals surface area (Å²) in [5.41, 5.74) is 2.65. The molecule has 0 saturated heterocycles. The summed E-state index contributed by atoms with van der Waals surface area (Å²) in [6.45, 7) is 5.13. The summed E-state index contributed by atoms with van der Waals surface area (Å²) in [5, 5.41) is 22.6. The Hall–Kier alpha value is -5.40. The van der Waals surface area contributed by atoms with Crippen molar-refractivity contribution in [2.75, 3.05) is 11.9 Å². The number of carbonyl (C=O) groups is 6. The zero-order valence-electron chi connectivity index (χ0n) is 27.1. The quantitative estimate of drug-likeness (QED) is 0.243. The molecule has 3 heterocycles. The van der Waals surface area contributed by atoms with Crippen LogP contribution < -0.4 is 15.5 Å². The SMILES string of the molecule is CC[C@H](C)[C@@H](C(=O)N[C@H]1CCc2cccc3c2N(C1=O)[C@H](C(=O)N[C@@H](CC(=O)O)C(=O)c1nnc(-c2ccccc2)o1)C3)N(C)C(C)=O. The molecule has 2 aliphatic rings. The molecule has 5 rings (SSSR count). The highest BCUT2D eigenvalue weighted by atomic mass is 16.4. The minimum atomic E-state index is -1.57. The van der Waals surface area contributed by atoms with Crippen molar-refractivity contribution < 1.29 is 38.3 Å². The minimum absolute atomic E-state index is 0.0476. The first-order valence-electron chi connectivity index (χ1n) is 15.8. The molecule has 48 heavy (non-hydrogen) atoms. The monoisotopic (exact) mass is 658 g/mol. The number of ketones is 1. The van der Waals surface area contributed by atoms with Crippen LogP contribution in [0, 0.1) is 5.92 Å². The van der Waals surface area contributed by atoms with E-state index in [0.717, 1.165) is 11.1 Å². The van der Waals surface area contributed by atoms with Gasteiger partial charge >= 0.3 is 5.97 Å². The van der Waals surface area contributed by atoms with Gasteiger partial charge in [0.05, 0.1) is 12.1 Å². The Bertz CT molecular complexity index is 1740. The van der Waals surface area contributed by atoms with Gasteiger partial charge in [0, 0.05) is 26.0 Å². The number of aliphatic carboxylic acids is 1. The molecule has 4 amide bonds. The highest BCUT2D eigenvalue weighted by Crippen LogP contribution is 2.39. The second-order valence-electron chi connectivity index (χ2n) is 12.2. The molecule has 0 spiro atoms. The molecule has 14 nitrogen and oxygen atoms in total. The summed E-state index contributed by atoms with van der Waals surface area (Å²) >= 11 is 0. The molecule has 5 atom stereocenters. The lowest BCUT2D eigenvalue weighted by molar-refractivity contribution is -0.140. The summed E-state index contributed by atoms with van der Waals surface area (Å²) < 4.78 is 5.53. The van der Waals surface area contributed by atoms with Gasteiger partial charge in [-0.25, -0.2) is 0 Å². The Morgan fingerprint density at radius 2 is 1.77 bits per heavy atom. The van der Waals surface area contributed by atoms with Gasteiger partial charge in [0.2, 0.25) is 35.3 Å². The number of hydrogen-bond donors (Lipinski definition) is 3. The summed E-state index contributed by atoms with van der Waals surface area (Å²) in [5.74, 6) is -4.92. The van der Waals surface area contributed by atoms with Crippen LogP contribution in [-0.2, 0) is 36.8 Å². The first-order chi connectivity index (χ1) is 22.9. The van der Waals surface area contributed by atoms with Crippen LogP contribution in [0.4, 0.5) is 5.69 Å². The molecule has 0 saturated carbocycles. The number of amides is 4. The maximum atomic E-state index is 14.2. The smallest absolute Gasteiger partial charge is 0.305 e. The van der Waals surface area contributed by atoms with Crippen LogP contribution >= 0.6 is 0 Å². The van der Waals surface area contributed by atoms with Crippen LogP contribution in [0.1, 0.15) is 61.8 Å². The third-order valence-electron chi connectivity index (χ3n) is 9.06. The second-order valence-corrected chi connectivity index (χ2v) is 12.2. The van der Waals surface area contributed by atoms with Crippen LogP contribution in [0.5, 0.6) is 0 Å². The van der Waals surface area contributed by atoms with Gasteiger partial charge in [-0.2, -0.15) is 0 Å². The fraction of sp³-hybridized carbons (Fsp3) is 0.412. The summed E-state index contributed by atoms with van der Waals surface area (Å²) in [6.07, 6.45) is 0.638. The molecule has 3 aromatic rings. The van der Waals surface area contributed by atoms with Crippen molar-refractivity contribution in [1.82, 2.24) is 25.7 Å². The largest absolute Gasteiger partial charge is 0.481 e. The minimum Gasteiger partial charge on any atom is -0.481 e. The zero-order chi connectivity index (χ0) is 34.7. The lowest BCUT2D eigenvalue weighted by Crippen LogP contribution is -2.59. The molecule has 0 aliphatic carbocycles. The van der Waals surface area contributed by atoms with Gasteiger partial charge in [-0.1, -0.05) is 56.7 Å². The zero-order valence-corrected chi connectivity index (χ0v) is 27.1. The molecule has 0 radical (unpaired) electrons. The maximum Gasteiger partial charge on any atom is 0.305 e. The number of hydrogen-bond acceptors (Lipinski definition) is 9. The van der Waals surface area contributed by atoms with Gasteiger partial charge in [-0.05, 0) is 42.0 Å². The molecule has 1 aromatic heterocycles. The number of Topliss-reactive ketones (excluding diaryl/α,β-unsaturated/α-hetero) is 1. The van der Waals surface area contributed by atoms with Crippen LogP contribution in [-0.4, -0.2) is 86.8 Å². The lowest BCUT2D eigenvalue weighted by Gasteiger charge is -2.33. The van der Waals surface area contributed by atoms with E-state index in [1.165, 1.54) is 16.7 Å². The fourth-order valence-corrected chi connectivity index (χ4v) is 6.29. The predicted molar refractivity (Wildman–Crippen MR) is 172 cm³/mol. The molecule has 3 N–H and O–H groups in total. The number of nitrogens with one attached hydrogen (secondary N) is 2. The fourth-order valence-electron chi connectivity index (χ4n) is 6.29. The van der Waals surface area contributed by atoms with E-state index in [1.807, 2.05) is 26.0 Å². The van der Waals surface area contributed by atoms with E-state index in [0.29, 0.717) is 24.1 Å². The molecule has 0 unspecified atom stereocenters. The normalized spacial score (nSPS) is 18.6. The predicted octanol–water partition coefficient (Wildman–Crippen LogP) is 2.16. The molecule has 0 bridgehead atoms. The van der Waals surface area contributed by atoms with E-state index in [-0.39, 0.29) is 30.6 Å². The Balaban J connectivity index is 1.40. The van der Waals surface area contributed by atoms with Gasteiger partial charge in [0.25, 0.3) is 5.89 Å². The van der Waals surface area contributed by atoms with Gasteiger partial charge < -0.3 is 25.1 Å². The van der Waals surface area contributed by atoms with Crippen LogP contribution in [0.15, 0.2) is 52.9 Å². The van der Waals surface area contributed by atoms with E-state index in [4.69, 9.17) is 4.42 Å². The van der Waals surface area contributed by atoms with Crippen molar-refractivity contribution in [3.8, 4) is 11.5 Å². The molecule has 252 valence electrons. The molecular weight excluding hydrogens is 620 g/mol. The third kappa shape index (κ3) is 6.82. The third-order valence-corrected chi connectivity index (χ3v) is 9.06. The molecule has 0 fully saturated rings. The van der Waals surface area contributed by atoms with Crippen molar-refractivity contribution in [3.63, 3.8) is 0 Å². The second kappa shape index (κ2) is 14.2. The van der Waals surface area contributed by atoms with E-state index < -0.39 is 66.0 Å². The Morgan fingerprint density at radius 1 is 1.06 bits per heavy atom. The van der Waals surface area contributed by atoms with Crippen LogP contribution in [0.25, 0.3) is 11.5 Å². The first-order valence-corrected chi connectivity index (χ1v) is 15.8. The number of carboxylic acid groups (broad SMARTS) is 1. The maximum absolute atomic E-state index is 14.2. The van der Waals surface area contributed by atoms with E-state index in [9.17, 15) is 33.9 Å². The molecule has 2 aromatic carbocycles. The number of aryl methyl sites for hydroxylation is 1. The first kappa shape index (κ1) is 33.9. The van der Waals surface area contributed by atoms with Gasteiger partial charge in [-0.15, -0.1) is 10.2 Å². The lowest BCUT2D eigenvalue weighted by atomic mass is 9.96. The number of carbonyl (C=O) groups excluding carboxylic acids is 5. The number of para-hydroxylation sites is 1. The Kier molecular flexibility index (Phi) is 10.0. The van der Waals surface area contributed by atoms with E-state index in [2.05, 4.69) is 20.8 Å². The van der Waals surface area contributed by atoms with Gasteiger partial charge in [0.15, 0.2) is 0 Å². The van der Waals surface area contributed by atoms with Crippen LogP contribution in [0.2, 0.25) is 0 Å². The molecule has 2 aliphatic heterocycles. The van der Waals surface area contributed by atoms with Crippen LogP contribution in [0.3, 0.4) is 0 Å². The number of rotatable bonds is 12. The molecule has 14 heteroatoms. The highest BCUT2D eigenvalue weighted by Gasteiger charge is 2.45. The average Bonchev–Trinajstić information content (AvgIpc) is 3.69. The van der Waals surface area contributed by atoms with Crippen molar-refractivity contribution >= 4 is 41.1 Å². The number of benzene rings is 2. The van der Waals surface area contributed by atoms with Crippen molar-refractivity contribution in [2.45, 2.75) is 77.0 Å². The highest BCUT2D eigenvalue weighted by molar-refractivity contribution is 6.09. The van der Waals surface area contributed by atoms with Crippen molar-refractivity contribution in [1.29, 1.82) is 0 Å². The van der Waals surface area contributed by atoms with Crippen molar-refractivity contribution in [3.05, 3.63) is 65.5 Å². The topological polar surface area (TPSA) is 192 Å². The number of anilines is 1. The van der Waals surface area contributed by atoms with E-state index in [1.54, 1.807) is 43.4 Å². The van der Waals surface area contributed by atoms with Gasteiger partial charge in [0.1, 0.15) is 24.2 Å². The van der Waals surface area contributed by atoms with E-state index >= 15 is 0 Å².